The van der Waals surface area contributed by atoms with Crippen LogP contribution in [0.4, 0.5) is 0 Å². The Hall–Kier alpha value is -0.500. The molecule has 0 amide bonds. The molecule has 0 N–H and O–H groups in total. The van der Waals surface area contributed by atoms with E-state index in [0.29, 0.717) is 6.61 Å². The molecular weight excluding hydrogens is 216 g/mol. The van der Waals surface area contributed by atoms with E-state index in [0.717, 1.165) is 10.2 Å². The molecule has 0 fully saturated rings. The van der Waals surface area contributed by atoms with Crippen LogP contribution in [0.2, 0.25) is 0 Å². The zero-order valence-corrected chi connectivity index (χ0v) is 9.23. The Morgan fingerprint density at radius 1 is 1.25 bits per heavy atom. The van der Waals surface area contributed by atoms with E-state index in [1.165, 1.54) is 11.1 Å². The highest BCUT2D eigenvalue weighted by molar-refractivity contribution is 9.10. The van der Waals surface area contributed by atoms with Crippen molar-refractivity contribution in [2.24, 2.45) is 0 Å². The van der Waals surface area contributed by atoms with Gasteiger partial charge >= 0.3 is 0 Å². The van der Waals surface area contributed by atoms with Gasteiger partial charge in [0.25, 0.3) is 0 Å². The van der Waals surface area contributed by atoms with Crippen LogP contribution in [-0.2, 0) is 0 Å². The standard InChI is InChI=1S/C10H13BrO/c1-4-12-10-8(3)6-5-7(2)9(10)11/h5-6H,4H2,1-3H3. The fourth-order valence-electron chi connectivity index (χ4n) is 1.07. The Morgan fingerprint density at radius 3 is 2.42 bits per heavy atom. The second kappa shape index (κ2) is 3.94. The van der Waals surface area contributed by atoms with Crippen LogP contribution in [0.5, 0.6) is 5.75 Å². The van der Waals surface area contributed by atoms with Crippen molar-refractivity contribution in [3.63, 3.8) is 0 Å². The third-order valence-corrected chi connectivity index (χ3v) is 2.76. The summed E-state index contributed by atoms with van der Waals surface area (Å²) < 4.78 is 6.57. The Kier molecular flexibility index (Phi) is 3.15. The number of benzene rings is 1. The van der Waals surface area contributed by atoms with Crippen LogP contribution >= 0.6 is 15.9 Å². The van der Waals surface area contributed by atoms with Crippen LogP contribution in [0.1, 0.15) is 18.1 Å². The lowest BCUT2D eigenvalue weighted by Crippen LogP contribution is -1.95. The van der Waals surface area contributed by atoms with Gasteiger partial charge in [-0.2, -0.15) is 0 Å². The van der Waals surface area contributed by atoms with E-state index in [4.69, 9.17) is 4.74 Å². The summed E-state index contributed by atoms with van der Waals surface area (Å²) in [5.41, 5.74) is 2.39. The minimum absolute atomic E-state index is 0.711. The molecule has 0 radical (unpaired) electrons. The van der Waals surface area contributed by atoms with Gasteiger partial charge in [0, 0.05) is 0 Å². The van der Waals surface area contributed by atoms with Gasteiger partial charge in [0.1, 0.15) is 5.75 Å². The third kappa shape index (κ3) is 1.81. The first-order chi connectivity index (χ1) is 5.66. The number of aryl methyl sites for hydroxylation is 2. The Bertz CT molecular complexity index is 281. The Labute approximate surface area is 81.9 Å². The summed E-state index contributed by atoms with van der Waals surface area (Å²) >= 11 is 3.51. The molecule has 0 aliphatic carbocycles. The van der Waals surface area contributed by atoms with Crippen molar-refractivity contribution >= 4 is 15.9 Å². The molecular formula is C10H13BrO. The highest BCUT2D eigenvalue weighted by atomic mass is 79.9. The predicted octanol–water partition coefficient (Wildman–Crippen LogP) is 3.46. The average molecular weight is 229 g/mol. The second-order valence-corrected chi connectivity index (χ2v) is 3.57. The molecule has 0 saturated carbocycles. The zero-order chi connectivity index (χ0) is 9.14. The molecule has 0 aliphatic heterocycles. The largest absolute Gasteiger partial charge is 0.492 e. The maximum Gasteiger partial charge on any atom is 0.136 e. The quantitative estimate of drug-likeness (QED) is 0.754. The fourth-order valence-corrected chi connectivity index (χ4v) is 1.63. The molecule has 66 valence electrons. The third-order valence-electron chi connectivity index (χ3n) is 1.78. The molecule has 0 aliphatic rings. The normalized spacial score (nSPS) is 10.0. The van der Waals surface area contributed by atoms with Crippen molar-refractivity contribution in [1.82, 2.24) is 0 Å². The summed E-state index contributed by atoms with van der Waals surface area (Å²) in [5, 5.41) is 0. The molecule has 0 spiro atoms. The van der Waals surface area contributed by atoms with Gasteiger partial charge in [-0.3, -0.25) is 0 Å². The van der Waals surface area contributed by atoms with Gasteiger partial charge in [0.05, 0.1) is 11.1 Å². The Balaban J connectivity index is 3.14. The second-order valence-electron chi connectivity index (χ2n) is 2.78. The molecule has 2 heteroatoms. The van der Waals surface area contributed by atoms with Crippen molar-refractivity contribution in [2.75, 3.05) is 6.61 Å². The molecule has 0 bridgehead atoms. The molecule has 1 aromatic rings. The summed E-state index contributed by atoms with van der Waals surface area (Å²) in [4.78, 5) is 0. The summed E-state index contributed by atoms with van der Waals surface area (Å²) in [7, 11) is 0. The first-order valence-electron chi connectivity index (χ1n) is 4.05. The van der Waals surface area contributed by atoms with Crippen molar-refractivity contribution in [3.8, 4) is 5.75 Å². The summed E-state index contributed by atoms with van der Waals surface area (Å²) in [6, 6.07) is 4.16. The average Bonchev–Trinajstić information content (AvgIpc) is 2.06. The number of ether oxygens (including phenoxy) is 1. The molecule has 0 unspecified atom stereocenters. The summed E-state index contributed by atoms with van der Waals surface area (Å²) in [6.07, 6.45) is 0. The molecule has 0 heterocycles. The van der Waals surface area contributed by atoms with Gasteiger partial charge in [-0.15, -0.1) is 0 Å². The van der Waals surface area contributed by atoms with Crippen LogP contribution < -0.4 is 4.74 Å². The van der Waals surface area contributed by atoms with Crippen LogP contribution in [-0.4, -0.2) is 6.61 Å². The molecule has 0 aromatic heterocycles. The number of halogens is 1. The molecule has 1 nitrogen and oxygen atoms in total. The lowest BCUT2D eigenvalue weighted by Gasteiger charge is -2.10. The van der Waals surface area contributed by atoms with Crippen molar-refractivity contribution in [2.45, 2.75) is 20.8 Å². The molecule has 0 atom stereocenters. The number of hydrogen-bond donors (Lipinski definition) is 0. The lowest BCUT2D eigenvalue weighted by molar-refractivity contribution is 0.335. The van der Waals surface area contributed by atoms with Crippen LogP contribution in [0.15, 0.2) is 16.6 Å². The highest BCUT2D eigenvalue weighted by Gasteiger charge is 2.05. The number of rotatable bonds is 2. The summed E-state index contributed by atoms with van der Waals surface area (Å²) in [5.74, 6) is 0.970. The van der Waals surface area contributed by atoms with Crippen molar-refractivity contribution in [3.05, 3.63) is 27.7 Å². The molecule has 12 heavy (non-hydrogen) atoms. The predicted molar refractivity (Wildman–Crippen MR) is 54.8 cm³/mol. The number of hydrogen-bond acceptors (Lipinski definition) is 1. The maximum atomic E-state index is 5.50. The molecule has 1 aromatic carbocycles. The van der Waals surface area contributed by atoms with E-state index < -0.39 is 0 Å². The maximum absolute atomic E-state index is 5.50. The molecule has 1 rings (SSSR count). The summed E-state index contributed by atoms with van der Waals surface area (Å²) in [6.45, 7) is 6.82. The topological polar surface area (TPSA) is 9.23 Å². The van der Waals surface area contributed by atoms with E-state index in [9.17, 15) is 0 Å². The van der Waals surface area contributed by atoms with Gasteiger partial charge in [0.2, 0.25) is 0 Å². The van der Waals surface area contributed by atoms with Crippen LogP contribution in [0.25, 0.3) is 0 Å². The molecule has 0 saturated heterocycles. The first kappa shape index (κ1) is 9.59. The van der Waals surface area contributed by atoms with Gasteiger partial charge < -0.3 is 4.74 Å². The van der Waals surface area contributed by atoms with Gasteiger partial charge in [-0.25, -0.2) is 0 Å². The first-order valence-corrected chi connectivity index (χ1v) is 4.84. The van der Waals surface area contributed by atoms with E-state index in [-0.39, 0.29) is 0 Å². The Morgan fingerprint density at radius 2 is 1.83 bits per heavy atom. The van der Waals surface area contributed by atoms with Crippen molar-refractivity contribution < 1.29 is 4.74 Å². The minimum atomic E-state index is 0.711. The fraction of sp³-hybridized carbons (Fsp3) is 0.400. The van der Waals surface area contributed by atoms with Crippen LogP contribution in [0.3, 0.4) is 0 Å². The van der Waals surface area contributed by atoms with Crippen LogP contribution in [0, 0.1) is 13.8 Å². The SMILES string of the molecule is CCOc1c(C)ccc(C)c1Br. The van der Waals surface area contributed by atoms with Gasteiger partial charge in [0.15, 0.2) is 0 Å². The van der Waals surface area contributed by atoms with Gasteiger partial charge in [-0.05, 0) is 47.8 Å². The lowest BCUT2D eigenvalue weighted by atomic mass is 10.1. The van der Waals surface area contributed by atoms with E-state index >= 15 is 0 Å². The zero-order valence-electron chi connectivity index (χ0n) is 7.65. The van der Waals surface area contributed by atoms with E-state index in [1.807, 2.05) is 6.92 Å². The minimum Gasteiger partial charge on any atom is -0.492 e. The smallest absolute Gasteiger partial charge is 0.136 e. The highest BCUT2D eigenvalue weighted by Crippen LogP contribution is 2.31. The van der Waals surface area contributed by atoms with Crippen molar-refractivity contribution in [1.29, 1.82) is 0 Å². The monoisotopic (exact) mass is 228 g/mol. The van der Waals surface area contributed by atoms with Gasteiger partial charge in [-0.1, -0.05) is 12.1 Å². The van der Waals surface area contributed by atoms with E-state index in [1.54, 1.807) is 0 Å². The van der Waals surface area contributed by atoms with E-state index in [2.05, 4.69) is 41.9 Å².